The van der Waals surface area contributed by atoms with Crippen molar-refractivity contribution in [3.05, 3.63) is 75.7 Å². The Morgan fingerprint density at radius 2 is 1.81 bits per heavy atom. The maximum Gasteiger partial charge on any atom is 0.263 e. The van der Waals surface area contributed by atoms with Crippen LogP contribution in [0.2, 0.25) is 0 Å². The second-order valence-corrected chi connectivity index (χ2v) is 6.74. The fourth-order valence-electron chi connectivity index (χ4n) is 2.39. The molecule has 0 unspecified atom stereocenters. The zero-order valence-electron chi connectivity index (χ0n) is 14.7. The van der Waals surface area contributed by atoms with Crippen LogP contribution in [0.25, 0.3) is 0 Å². The number of rotatable bonds is 7. The largest absolute Gasteiger partial charge is 0.497 e. The van der Waals surface area contributed by atoms with Crippen molar-refractivity contribution in [2.24, 2.45) is 0 Å². The molecule has 0 atom stereocenters. The van der Waals surface area contributed by atoms with Gasteiger partial charge < -0.3 is 14.8 Å². The van der Waals surface area contributed by atoms with E-state index in [2.05, 4.69) is 10.3 Å². The zero-order chi connectivity index (χ0) is 18.4. The molecule has 0 aliphatic carbocycles. The first-order valence-electron chi connectivity index (χ1n) is 8.21. The topological polar surface area (TPSA) is 60.5 Å². The van der Waals surface area contributed by atoms with E-state index in [0.29, 0.717) is 23.7 Å². The number of nitrogens with zero attached hydrogens (tertiary/aromatic N) is 1. The Morgan fingerprint density at radius 3 is 2.50 bits per heavy atom. The standard InChI is InChI=1S/C20H20N2O3S/c1-14-19(20(23)21-12-15-8-10-16(24-2)11-9-15)26-18(22-14)13-25-17-6-4-3-5-7-17/h3-11H,12-13H2,1-2H3,(H,21,23). The Labute approximate surface area is 156 Å². The molecule has 5 nitrogen and oxygen atoms in total. The first-order chi connectivity index (χ1) is 12.7. The lowest BCUT2D eigenvalue weighted by Crippen LogP contribution is -2.22. The molecule has 134 valence electrons. The fourth-order valence-corrected chi connectivity index (χ4v) is 3.29. The number of thiazole rings is 1. The van der Waals surface area contributed by atoms with Crippen LogP contribution in [-0.4, -0.2) is 18.0 Å². The van der Waals surface area contributed by atoms with Gasteiger partial charge in [-0.05, 0) is 36.8 Å². The lowest BCUT2D eigenvalue weighted by molar-refractivity contribution is 0.0954. The molecule has 6 heteroatoms. The predicted molar refractivity (Wildman–Crippen MR) is 102 cm³/mol. The van der Waals surface area contributed by atoms with Crippen LogP contribution in [0.1, 0.15) is 25.9 Å². The molecule has 1 heterocycles. The number of hydrogen-bond acceptors (Lipinski definition) is 5. The van der Waals surface area contributed by atoms with E-state index in [4.69, 9.17) is 9.47 Å². The zero-order valence-corrected chi connectivity index (χ0v) is 15.5. The van der Waals surface area contributed by atoms with Gasteiger partial charge in [0.15, 0.2) is 0 Å². The van der Waals surface area contributed by atoms with Crippen LogP contribution in [-0.2, 0) is 13.2 Å². The molecule has 0 spiro atoms. The van der Waals surface area contributed by atoms with Gasteiger partial charge in [-0.25, -0.2) is 4.98 Å². The van der Waals surface area contributed by atoms with Gasteiger partial charge in [0, 0.05) is 6.54 Å². The highest BCUT2D eigenvalue weighted by Gasteiger charge is 2.15. The first-order valence-corrected chi connectivity index (χ1v) is 9.02. The Morgan fingerprint density at radius 1 is 1.08 bits per heavy atom. The summed E-state index contributed by atoms with van der Waals surface area (Å²) in [4.78, 5) is 17.5. The minimum atomic E-state index is -0.123. The average Bonchev–Trinajstić information content (AvgIpc) is 3.06. The molecule has 26 heavy (non-hydrogen) atoms. The number of carbonyl (C=O) groups excluding carboxylic acids is 1. The van der Waals surface area contributed by atoms with Crippen molar-refractivity contribution in [1.29, 1.82) is 0 Å². The Hall–Kier alpha value is -2.86. The predicted octanol–water partition coefficient (Wildman–Crippen LogP) is 3.97. The maximum atomic E-state index is 12.4. The molecule has 0 saturated carbocycles. The number of aryl methyl sites for hydroxylation is 1. The van der Waals surface area contributed by atoms with Crippen molar-refractivity contribution in [2.45, 2.75) is 20.1 Å². The van der Waals surface area contributed by atoms with Crippen molar-refractivity contribution in [2.75, 3.05) is 7.11 Å². The van der Waals surface area contributed by atoms with Crippen LogP contribution in [0, 0.1) is 6.92 Å². The van der Waals surface area contributed by atoms with E-state index in [1.807, 2.05) is 61.5 Å². The summed E-state index contributed by atoms with van der Waals surface area (Å²) in [5.74, 6) is 1.45. The summed E-state index contributed by atoms with van der Waals surface area (Å²) < 4.78 is 10.8. The van der Waals surface area contributed by atoms with Crippen molar-refractivity contribution in [1.82, 2.24) is 10.3 Å². The lowest BCUT2D eigenvalue weighted by atomic mass is 10.2. The third kappa shape index (κ3) is 4.61. The van der Waals surface area contributed by atoms with Gasteiger partial charge in [-0.3, -0.25) is 4.79 Å². The van der Waals surface area contributed by atoms with Gasteiger partial charge in [-0.1, -0.05) is 30.3 Å². The summed E-state index contributed by atoms with van der Waals surface area (Å²) >= 11 is 1.36. The molecule has 0 saturated heterocycles. The van der Waals surface area contributed by atoms with E-state index < -0.39 is 0 Å². The van der Waals surface area contributed by atoms with Crippen molar-refractivity contribution in [3.8, 4) is 11.5 Å². The van der Waals surface area contributed by atoms with Gasteiger partial charge in [0.2, 0.25) is 0 Å². The molecule has 0 aliphatic heterocycles. The molecule has 0 fully saturated rings. The number of amides is 1. The van der Waals surface area contributed by atoms with Gasteiger partial charge in [0.25, 0.3) is 5.91 Å². The molecule has 1 N–H and O–H groups in total. The highest BCUT2D eigenvalue weighted by atomic mass is 32.1. The van der Waals surface area contributed by atoms with E-state index in [-0.39, 0.29) is 5.91 Å². The maximum absolute atomic E-state index is 12.4. The summed E-state index contributed by atoms with van der Waals surface area (Å²) in [6.07, 6.45) is 0. The number of methoxy groups -OCH3 is 1. The summed E-state index contributed by atoms with van der Waals surface area (Å²) in [5.41, 5.74) is 1.72. The van der Waals surface area contributed by atoms with E-state index in [1.54, 1.807) is 7.11 Å². The minimum absolute atomic E-state index is 0.123. The van der Waals surface area contributed by atoms with Crippen LogP contribution in [0.3, 0.4) is 0 Å². The van der Waals surface area contributed by atoms with Crippen LogP contribution in [0.5, 0.6) is 11.5 Å². The smallest absolute Gasteiger partial charge is 0.263 e. The molecular weight excluding hydrogens is 348 g/mol. The molecular formula is C20H20N2O3S. The minimum Gasteiger partial charge on any atom is -0.497 e. The molecule has 0 radical (unpaired) electrons. The molecule has 1 amide bonds. The van der Waals surface area contributed by atoms with Crippen molar-refractivity contribution in [3.63, 3.8) is 0 Å². The Bertz CT molecular complexity index is 861. The molecule has 2 aromatic carbocycles. The monoisotopic (exact) mass is 368 g/mol. The van der Waals surface area contributed by atoms with E-state index in [9.17, 15) is 4.79 Å². The third-order valence-corrected chi connectivity index (χ3v) is 4.89. The third-order valence-electron chi connectivity index (χ3n) is 3.76. The van der Waals surface area contributed by atoms with Crippen LogP contribution < -0.4 is 14.8 Å². The number of nitrogens with one attached hydrogen (secondary N) is 1. The Kier molecular flexibility index (Phi) is 5.86. The van der Waals surface area contributed by atoms with Gasteiger partial charge >= 0.3 is 0 Å². The number of aromatic nitrogens is 1. The first kappa shape index (κ1) is 17.9. The normalized spacial score (nSPS) is 10.4. The second-order valence-electron chi connectivity index (χ2n) is 5.65. The molecule has 3 aromatic rings. The van der Waals surface area contributed by atoms with Crippen LogP contribution >= 0.6 is 11.3 Å². The quantitative estimate of drug-likeness (QED) is 0.685. The SMILES string of the molecule is COc1ccc(CNC(=O)c2sc(COc3ccccc3)nc2C)cc1. The molecule has 0 aliphatic rings. The number of hydrogen-bond donors (Lipinski definition) is 1. The summed E-state index contributed by atoms with van der Waals surface area (Å²) in [5, 5.41) is 3.71. The Balaban J connectivity index is 1.57. The molecule has 1 aromatic heterocycles. The second kappa shape index (κ2) is 8.49. The van der Waals surface area contributed by atoms with E-state index in [1.165, 1.54) is 11.3 Å². The number of ether oxygens (including phenoxy) is 2. The van der Waals surface area contributed by atoms with E-state index >= 15 is 0 Å². The van der Waals surface area contributed by atoms with Gasteiger partial charge in [0.1, 0.15) is 28.0 Å². The fraction of sp³-hybridized carbons (Fsp3) is 0.200. The van der Waals surface area contributed by atoms with Crippen molar-refractivity contribution < 1.29 is 14.3 Å². The van der Waals surface area contributed by atoms with Gasteiger partial charge in [-0.2, -0.15) is 0 Å². The number of para-hydroxylation sites is 1. The summed E-state index contributed by atoms with van der Waals surface area (Å²) in [7, 11) is 1.63. The molecule has 0 bridgehead atoms. The highest BCUT2D eigenvalue weighted by molar-refractivity contribution is 7.13. The number of benzene rings is 2. The number of carbonyl (C=O) groups is 1. The summed E-state index contributed by atoms with van der Waals surface area (Å²) in [6, 6.07) is 17.2. The lowest BCUT2D eigenvalue weighted by Gasteiger charge is -2.05. The average molecular weight is 368 g/mol. The summed E-state index contributed by atoms with van der Waals surface area (Å²) in [6.45, 7) is 2.64. The van der Waals surface area contributed by atoms with E-state index in [0.717, 1.165) is 22.1 Å². The van der Waals surface area contributed by atoms with Crippen LogP contribution in [0.15, 0.2) is 54.6 Å². The van der Waals surface area contributed by atoms with Gasteiger partial charge in [-0.15, -0.1) is 11.3 Å². The highest BCUT2D eigenvalue weighted by Crippen LogP contribution is 2.20. The van der Waals surface area contributed by atoms with Crippen LogP contribution in [0.4, 0.5) is 0 Å². The van der Waals surface area contributed by atoms with Crippen molar-refractivity contribution >= 4 is 17.2 Å². The van der Waals surface area contributed by atoms with Gasteiger partial charge in [0.05, 0.1) is 12.8 Å². The molecule has 3 rings (SSSR count).